The van der Waals surface area contributed by atoms with Crippen LogP contribution in [0.3, 0.4) is 0 Å². The van der Waals surface area contributed by atoms with Crippen LogP contribution >= 0.6 is 15.9 Å². The summed E-state index contributed by atoms with van der Waals surface area (Å²) in [4.78, 5) is 0.414. The van der Waals surface area contributed by atoms with Crippen LogP contribution in [-0.4, -0.2) is 13.2 Å². The average Bonchev–Trinajstić information content (AvgIpc) is 2.63. The summed E-state index contributed by atoms with van der Waals surface area (Å²) < 4.78 is 11.8. The first-order chi connectivity index (χ1) is 9.49. The van der Waals surface area contributed by atoms with Gasteiger partial charge in [-0.15, -0.1) is 0 Å². The largest absolute Gasteiger partial charge is 0.490 e. The Bertz CT molecular complexity index is 468. The standard InChI is InChI=1S/C17H25BrO2/c1-5-7-19-15-9-12-13(10-16(15)20-8-6-2)17(3,4)11-14(12)18/h9-10,14H,5-8,11H2,1-4H3. The number of hydrogen-bond acceptors (Lipinski definition) is 2. The van der Waals surface area contributed by atoms with Gasteiger partial charge in [0.15, 0.2) is 11.5 Å². The Morgan fingerprint density at radius 2 is 1.65 bits per heavy atom. The fourth-order valence-corrected chi connectivity index (χ4v) is 3.93. The predicted octanol–water partition coefficient (Wildman–Crippen LogP) is 5.38. The van der Waals surface area contributed by atoms with Crippen LogP contribution in [0.4, 0.5) is 0 Å². The molecule has 20 heavy (non-hydrogen) atoms. The molecule has 0 amide bonds. The summed E-state index contributed by atoms with van der Waals surface area (Å²) in [5.41, 5.74) is 2.93. The molecule has 0 saturated carbocycles. The molecule has 0 saturated heterocycles. The van der Waals surface area contributed by atoms with Crippen molar-refractivity contribution in [2.75, 3.05) is 13.2 Å². The van der Waals surface area contributed by atoms with E-state index in [2.05, 4.69) is 55.8 Å². The molecule has 3 heteroatoms. The highest BCUT2D eigenvalue weighted by Gasteiger charge is 2.36. The van der Waals surface area contributed by atoms with Crippen molar-refractivity contribution in [2.45, 2.75) is 57.2 Å². The van der Waals surface area contributed by atoms with Crippen LogP contribution in [0, 0.1) is 0 Å². The van der Waals surface area contributed by atoms with Gasteiger partial charge >= 0.3 is 0 Å². The molecule has 0 fully saturated rings. The van der Waals surface area contributed by atoms with Crippen LogP contribution in [0.15, 0.2) is 12.1 Å². The lowest BCUT2D eigenvalue weighted by atomic mass is 9.86. The second-order valence-electron chi connectivity index (χ2n) is 6.14. The minimum atomic E-state index is 0.192. The van der Waals surface area contributed by atoms with Crippen molar-refractivity contribution in [3.63, 3.8) is 0 Å². The van der Waals surface area contributed by atoms with Gasteiger partial charge < -0.3 is 9.47 Å². The quantitative estimate of drug-likeness (QED) is 0.647. The summed E-state index contributed by atoms with van der Waals surface area (Å²) in [5, 5.41) is 0. The van der Waals surface area contributed by atoms with E-state index >= 15 is 0 Å². The van der Waals surface area contributed by atoms with E-state index in [1.165, 1.54) is 11.1 Å². The minimum Gasteiger partial charge on any atom is -0.490 e. The zero-order valence-corrected chi connectivity index (χ0v) is 14.5. The van der Waals surface area contributed by atoms with Gasteiger partial charge in [-0.25, -0.2) is 0 Å². The maximum atomic E-state index is 5.90. The van der Waals surface area contributed by atoms with Crippen molar-refractivity contribution < 1.29 is 9.47 Å². The van der Waals surface area contributed by atoms with Gasteiger partial charge in [0.05, 0.1) is 13.2 Å². The van der Waals surface area contributed by atoms with Gasteiger partial charge in [0, 0.05) is 4.83 Å². The van der Waals surface area contributed by atoms with E-state index in [0.29, 0.717) is 4.83 Å². The Morgan fingerprint density at radius 3 is 2.20 bits per heavy atom. The van der Waals surface area contributed by atoms with E-state index in [9.17, 15) is 0 Å². The first-order valence-electron chi connectivity index (χ1n) is 7.57. The maximum Gasteiger partial charge on any atom is 0.161 e. The minimum absolute atomic E-state index is 0.192. The van der Waals surface area contributed by atoms with E-state index in [4.69, 9.17) is 9.47 Å². The van der Waals surface area contributed by atoms with E-state index in [1.807, 2.05) is 0 Å². The third-order valence-corrected chi connectivity index (χ3v) is 4.61. The molecular weight excluding hydrogens is 316 g/mol. The highest BCUT2D eigenvalue weighted by atomic mass is 79.9. The Labute approximate surface area is 131 Å². The lowest BCUT2D eigenvalue weighted by molar-refractivity contribution is 0.267. The molecule has 2 nitrogen and oxygen atoms in total. The summed E-state index contributed by atoms with van der Waals surface area (Å²) in [6, 6.07) is 4.36. The number of alkyl halides is 1. The van der Waals surface area contributed by atoms with Crippen molar-refractivity contribution in [2.24, 2.45) is 0 Å². The Morgan fingerprint density at radius 1 is 1.10 bits per heavy atom. The van der Waals surface area contributed by atoms with Crippen LogP contribution < -0.4 is 9.47 Å². The molecule has 0 aromatic heterocycles. The molecule has 0 spiro atoms. The van der Waals surface area contributed by atoms with Crippen molar-refractivity contribution in [1.82, 2.24) is 0 Å². The fraction of sp³-hybridized carbons (Fsp3) is 0.647. The monoisotopic (exact) mass is 340 g/mol. The van der Waals surface area contributed by atoms with Gasteiger partial charge in [-0.2, -0.15) is 0 Å². The summed E-state index contributed by atoms with van der Waals surface area (Å²) in [6.07, 6.45) is 3.13. The van der Waals surface area contributed by atoms with E-state index in [1.54, 1.807) is 0 Å². The van der Waals surface area contributed by atoms with Gasteiger partial charge in [-0.3, -0.25) is 0 Å². The number of rotatable bonds is 6. The zero-order chi connectivity index (χ0) is 14.8. The number of halogens is 1. The highest BCUT2D eigenvalue weighted by Crippen LogP contribution is 2.51. The van der Waals surface area contributed by atoms with E-state index < -0.39 is 0 Å². The third kappa shape index (κ3) is 3.13. The second-order valence-corrected chi connectivity index (χ2v) is 7.24. The topological polar surface area (TPSA) is 18.5 Å². The first kappa shape index (κ1) is 15.7. The van der Waals surface area contributed by atoms with E-state index in [0.717, 1.165) is 44.0 Å². The first-order valence-corrected chi connectivity index (χ1v) is 8.49. The van der Waals surface area contributed by atoms with E-state index in [-0.39, 0.29) is 5.41 Å². The van der Waals surface area contributed by atoms with Crippen molar-refractivity contribution >= 4 is 15.9 Å². The molecule has 2 rings (SSSR count). The molecule has 112 valence electrons. The molecule has 1 aliphatic carbocycles. The molecule has 1 unspecified atom stereocenters. The summed E-state index contributed by atoms with van der Waals surface area (Å²) in [6.45, 7) is 10.3. The summed E-state index contributed by atoms with van der Waals surface area (Å²) >= 11 is 3.80. The van der Waals surface area contributed by atoms with Crippen LogP contribution in [0.25, 0.3) is 0 Å². The fourth-order valence-electron chi connectivity index (χ4n) is 2.74. The van der Waals surface area contributed by atoms with Gasteiger partial charge in [0.25, 0.3) is 0 Å². The molecule has 0 radical (unpaired) electrons. The molecule has 1 atom stereocenters. The molecule has 1 aliphatic rings. The number of hydrogen-bond donors (Lipinski definition) is 0. The van der Waals surface area contributed by atoms with Gasteiger partial charge in [-0.1, -0.05) is 43.6 Å². The number of fused-ring (bicyclic) bond motifs is 1. The van der Waals surface area contributed by atoms with Crippen LogP contribution in [0.5, 0.6) is 11.5 Å². The number of ether oxygens (including phenoxy) is 2. The molecular formula is C17H25BrO2. The highest BCUT2D eigenvalue weighted by molar-refractivity contribution is 9.09. The van der Waals surface area contributed by atoms with Crippen LogP contribution in [0.1, 0.15) is 62.9 Å². The molecule has 0 N–H and O–H groups in total. The smallest absolute Gasteiger partial charge is 0.161 e. The predicted molar refractivity (Wildman–Crippen MR) is 87.3 cm³/mol. The number of benzene rings is 1. The van der Waals surface area contributed by atoms with Crippen molar-refractivity contribution in [3.8, 4) is 11.5 Å². The summed E-state index contributed by atoms with van der Waals surface area (Å²) in [7, 11) is 0. The third-order valence-electron chi connectivity index (χ3n) is 3.80. The van der Waals surface area contributed by atoms with Gasteiger partial charge in [0.1, 0.15) is 0 Å². The Balaban J connectivity index is 2.38. The lowest BCUT2D eigenvalue weighted by Crippen LogP contribution is -2.12. The lowest BCUT2D eigenvalue weighted by Gasteiger charge is -2.21. The average molecular weight is 341 g/mol. The molecule has 0 heterocycles. The second kappa shape index (κ2) is 6.38. The molecule has 1 aromatic carbocycles. The molecule has 0 bridgehead atoms. The normalized spacial score (nSPS) is 19.8. The maximum absolute atomic E-state index is 5.90. The summed E-state index contributed by atoms with van der Waals surface area (Å²) in [5.74, 6) is 1.79. The van der Waals surface area contributed by atoms with Gasteiger partial charge in [0.2, 0.25) is 0 Å². The van der Waals surface area contributed by atoms with Crippen molar-refractivity contribution in [1.29, 1.82) is 0 Å². The Kier molecular flexibility index (Phi) is 5.00. The molecule has 1 aromatic rings. The molecule has 0 aliphatic heterocycles. The van der Waals surface area contributed by atoms with Crippen molar-refractivity contribution in [3.05, 3.63) is 23.3 Å². The Hall–Kier alpha value is -0.700. The zero-order valence-electron chi connectivity index (χ0n) is 13.0. The van der Waals surface area contributed by atoms with Gasteiger partial charge in [-0.05, 0) is 47.9 Å². The van der Waals surface area contributed by atoms with Crippen LogP contribution in [0.2, 0.25) is 0 Å². The SMILES string of the molecule is CCCOc1cc2c(cc1OCCC)C(C)(C)CC2Br. The van der Waals surface area contributed by atoms with Crippen LogP contribution in [-0.2, 0) is 5.41 Å².